The molecule has 0 N–H and O–H groups in total. The first-order valence-electron chi connectivity index (χ1n) is 9.69. The fourth-order valence-corrected chi connectivity index (χ4v) is 3.75. The smallest absolute Gasteiger partial charge is 0.254 e. The van der Waals surface area contributed by atoms with Crippen LogP contribution in [0.3, 0.4) is 0 Å². The lowest BCUT2D eigenvalue weighted by Crippen LogP contribution is -2.45. The minimum absolute atomic E-state index is 0.0437. The molecule has 1 aliphatic rings. The third-order valence-corrected chi connectivity index (χ3v) is 5.20. The van der Waals surface area contributed by atoms with Crippen molar-refractivity contribution in [2.75, 3.05) is 40.5 Å². The topological polar surface area (TPSA) is 48.0 Å². The first-order chi connectivity index (χ1) is 13.5. The molecule has 1 heterocycles. The van der Waals surface area contributed by atoms with Crippen LogP contribution in [0.25, 0.3) is 11.1 Å². The number of nitrogens with zero attached hydrogens (tertiary/aromatic N) is 1. The molecule has 0 radical (unpaired) electrons. The van der Waals surface area contributed by atoms with Crippen molar-refractivity contribution in [1.82, 2.24) is 4.90 Å². The zero-order valence-electron chi connectivity index (χ0n) is 17.2. The Kier molecular flexibility index (Phi) is 6.70. The van der Waals surface area contributed by atoms with E-state index in [2.05, 4.69) is 12.1 Å². The Morgan fingerprint density at radius 3 is 2.39 bits per heavy atom. The van der Waals surface area contributed by atoms with Gasteiger partial charge < -0.3 is 19.1 Å². The fourth-order valence-electron chi connectivity index (χ4n) is 3.75. The minimum atomic E-state index is 0.0437. The number of methoxy groups -OCH3 is 2. The summed E-state index contributed by atoms with van der Waals surface area (Å²) in [5.74, 6) is 0.977. The van der Waals surface area contributed by atoms with Gasteiger partial charge in [0.05, 0.1) is 19.8 Å². The summed E-state index contributed by atoms with van der Waals surface area (Å²) in [5, 5.41) is 0. The van der Waals surface area contributed by atoms with Crippen LogP contribution in [0.4, 0.5) is 0 Å². The molecule has 150 valence electrons. The zero-order chi connectivity index (χ0) is 20.1. The van der Waals surface area contributed by atoms with Crippen LogP contribution in [0.15, 0.2) is 36.4 Å². The quantitative estimate of drug-likeness (QED) is 0.760. The molecule has 1 amide bonds. The Balaban J connectivity index is 1.73. The van der Waals surface area contributed by atoms with Crippen molar-refractivity contribution in [3.63, 3.8) is 0 Å². The van der Waals surface area contributed by atoms with Crippen LogP contribution >= 0.6 is 0 Å². The van der Waals surface area contributed by atoms with Gasteiger partial charge in [-0.05, 0) is 66.8 Å². The maximum Gasteiger partial charge on any atom is 0.254 e. The van der Waals surface area contributed by atoms with Gasteiger partial charge in [-0.15, -0.1) is 0 Å². The normalized spacial score (nSPS) is 16.9. The maximum absolute atomic E-state index is 12.9. The summed E-state index contributed by atoms with van der Waals surface area (Å²) in [6, 6.07) is 12.1. The van der Waals surface area contributed by atoms with E-state index >= 15 is 0 Å². The molecule has 0 aromatic heterocycles. The predicted octanol–water partition coefficient (Wildman–Crippen LogP) is 3.86. The monoisotopic (exact) mass is 383 g/mol. The van der Waals surface area contributed by atoms with Crippen LogP contribution < -0.4 is 4.74 Å². The van der Waals surface area contributed by atoms with E-state index < -0.39 is 0 Å². The van der Waals surface area contributed by atoms with E-state index in [0.29, 0.717) is 31.9 Å². The minimum Gasteiger partial charge on any atom is -0.496 e. The van der Waals surface area contributed by atoms with Crippen LogP contribution in [0.5, 0.6) is 5.75 Å². The molecule has 0 aliphatic carbocycles. The summed E-state index contributed by atoms with van der Waals surface area (Å²) in [4.78, 5) is 14.8. The first kappa shape index (κ1) is 20.4. The van der Waals surface area contributed by atoms with Crippen molar-refractivity contribution in [1.29, 1.82) is 0 Å². The van der Waals surface area contributed by atoms with E-state index in [1.165, 1.54) is 0 Å². The van der Waals surface area contributed by atoms with Crippen LogP contribution in [-0.2, 0) is 9.47 Å². The fraction of sp³-hybridized carbons (Fsp3) is 0.435. The molecule has 0 unspecified atom stereocenters. The molecule has 1 fully saturated rings. The highest BCUT2D eigenvalue weighted by Crippen LogP contribution is 2.30. The van der Waals surface area contributed by atoms with Crippen LogP contribution in [0, 0.1) is 13.8 Å². The lowest BCUT2D eigenvalue weighted by molar-refractivity contribution is -0.0332. The van der Waals surface area contributed by atoms with Crippen LogP contribution in [0.1, 0.15) is 27.9 Å². The molecule has 5 nitrogen and oxygen atoms in total. The Morgan fingerprint density at radius 1 is 1.11 bits per heavy atom. The van der Waals surface area contributed by atoms with Gasteiger partial charge in [-0.3, -0.25) is 4.79 Å². The third-order valence-electron chi connectivity index (χ3n) is 5.20. The van der Waals surface area contributed by atoms with E-state index in [4.69, 9.17) is 14.2 Å². The molecule has 3 rings (SSSR count). The van der Waals surface area contributed by atoms with Crippen molar-refractivity contribution in [2.24, 2.45) is 0 Å². The molecule has 2 aromatic rings. The largest absolute Gasteiger partial charge is 0.496 e. The van der Waals surface area contributed by atoms with Gasteiger partial charge in [0.25, 0.3) is 5.91 Å². The average Bonchev–Trinajstić information content (AvgIpc) is 2.72. The molecule has 1 atom stereocenters. The van der Waals surface area contributed by atoms with Crippen molar-refractivity contribution in [3.8, 4) is 16.9 Å². The van der Waals surface area contributed by atoms with Gasteiger partial charge in [0.15, 0.2) is 0 Å². The van der Waals surface area contributed by atoms with E-state index in [-0.39, 0.29) is 12.0 Å². The Bertz CT molecular complexity index is 793. The number of hydrogen-bond donors (Lipinski definition) is 0. The second-order valence-corrected chi connectivity index (χ2v) is 7.25. The van der Waals surface area contributed by atoms with E-state index in [0.717, 1.165) is 34.4 Å². The van der Waals surface area contributed by atoms with E-state index in [1.807, 2.05) is 43.0 Å². The molecule has 1 saturated heterocycles. The van der Waals surface area contributed by atoms with Crippen molar-refractivity contribution < 1.29 is 19.0 Å². The number of carbonyl (C=O) groups is 1. The number of aryl methyl sites for hydroxylation is 2. The number of rotatable bonds is 6. The first-order valence-corrected chi connectivity index (χ1v) is 9.69. The molecule has 2 aromatic carbocycles. The summed E-state index contributed by atoms with van der Waals surface area (Å²) in [5.41, 5.74) is 5.13. The van der Waals surface area contributed by atoms with Crippen LogP contribution in [0.2, 0.25) is 0 Å². The summed E-state index contributed by atoms with van der Waals surface area (Å²) >= 11 is 0. The highest BCUT2D eigenvalue weighted by Gasteiger charge is 2.24. The molecular formula is C23H29NO4. The van der Waals surface area contributed by atoms with Gasteiger partial charge in [0.1, 0.15) is 5.75 Å². The van der Waals surface area contributed by atoms with Crippen molar-refractivity contribution in [2.45, 2.75) is 26.4 Å². The van der Waals surface area contributed by atoms with Gasteiger partial charge >= 0.3 is 0 Å². The second-order valence-electron chi connectivity index (χ2n) is 7.25. The van der Waals surface area contributed by atoms with Gasteiger partial charge in [0.2, 0.25) is 0 Å². The van der Waals surface area contributed by atoms with Crippen molar-refractivity contribution in [3.05, 3.63) is 53.1 Å². The molecular weight excluding hydrogens is 354 g/mol. The van der Waals surface area contributed by atoms with Gasteiger partial charge in [-0.2, -0.15) is 0 Å². The molecule has 1 aliphatic heterocycles. The SMILES string of the molecule is COCC[C@@H]1CN(C(=O)c2ccc(-c3cc(C)c(OC)c(C)c3)cc2)CCO1. The summed E-state index contributed by atoms with van der Waals surface area (Å²) < 4.78 is 16.3. The number of amides is 1. The molecule has 28 heavy (non-hydrogen) atoms. The van der Waals surface area contributed by atoms with Gasteiger partial charge in [0, 0.05) is 32.4 Å². The number of ether oxygens (including phenoxy) is 3. The highest BCUT2D eigenvalue weighted by atomic mass is 16.5. The van der Waals surface area contributed by atoms with Crippen molar-refractivity contribution >= 4 is 5.91 Å². The Morgan fingerprint density at radius 2 is 1.79 bits per heavy atom. The predicted molar refractivity (Wildman–Crippen MR) is 110 cm³/mol. The molecule has 5 heteroatoms. The van der Waals surface area contributed by atoms with Crippen LogP contribution in [-0.4, -0.2) is 57.4 Å². The lowest BCUT2D eigenvalue weighted by Gasteiger charge is -2.33. The molecule has 0 spiro atoms. The average molecular weight is 383 g/mol. The molecule has 0 bridgehead atoms. The summed E-state index contributed by atoms with van der Waals surface area (Å²) in [6.45, 7) is 6.55. The Hall–Kier alpha value is -2.37. The number of morpholine rings is 1. The standard InChI is InChI=1S/C23H29NO4/c1-16-13-20(14-17(2)22(16)27-4)18-5-7-19(8-6-18)23(25)24-10-12-28-21(15-24)9-11-26-3/h5-8,13-14,21H,9-12,15H2,1-4H3/t21-/m1/s1. The lowest BCUT2D eigenvalue weighted by atomic mass is 9.98. The highest BCUT2D eigenvalue weighted by molar-refractivity contribution is 5.94. The molecule has 0 saturated carbocycles. The van der Waals surface area contributed by atoms with E-state index in [1.54, 1.807) is 14.2 Å². The van der Waals surface area contributed by atoms with Gasteiger partial charge in [-0.25, -0.2) is 0 Å². The second kappa shape index (κ2) is 9.22. The zero-order valence-corrected chi connectivity index (χ0v) is 17.2. The number of carbonyl (C=O) groups excluding carboxylic acids is 1. The third kappa shape index (κ3) is 4.54. The summed E-state index contributed by atoms with van der Waals surface area (Å²) in [7, 11) is 3.37. The summed E-state index contributed by atoms with van der Waals surface area (Å²) in [6.07, 6.45) is 0.845. The number of hydrogen-bond acceptors (Lipinski definition) is 4. The van der Waals surface area contributed by atoms with E-state index in [9.17, 15) is 4.79 Å². The Labute approximate surface area is 167 Å². The number of benzene rings is 2. The van der Waals surface area contributed by atoms with Gasteiger partial charge in [-0.1, -0.05) is 12.1 Å². The maximum atomic E-state index is 12.9.